The maximum absolute atomic E-state index is 5.72. The van der Waals surface area contributed by atoms with Crippen molar-refractivity contribution in [1.82, 2.24) is 10.2 Å². The molecular formula is C18H30N2O. The highest BCUT2D eigenvalue weighted by Gasteiger charge is 2.36. The second kappa shape index (κ2) is 7.92. The van der Waals surface area contributed by atoms with E-state index in [1.807, 2.05) is 0 Å². The van der Waals surface area contributed by atoms with Gasteiger partial charge in [-0.2, -0.15) is 0 Å². The molecule has 1 aliphatic rings. The maximum Gasteiger partial charge on any atom is 0.0547 e. The Bertz CT molecular complexity index is 399. The summed E-state index contributed by atoms with van der Waals surface area (Å²) in [6, 6.07) is 11.3. The Labute approximate surface area is 129 Å². The van der Waals surface area contributed by atoms with Crippen LogP contribution in [-0.2, 0) is 11.3 Å². The monoisotopic (exact) mass is 290 g/mol. The predicted octanol–water partition coefficient (Wildman–Crippen LogP) is 2.91. The van der Waals surface area contributed by atoms with Crippen LogP contribution >= 0.6 is 0 Å². The Balaban J connectivity index is 1.96. The van der Waals surface area contributed by atoms with E-state index in [2.05, 4.69) is 61.3 Å². The molecule has 1 fully saturated rings. The fourth-order valence-electron chi connectivity index (χ4n) is 2.99. The number of nitrogens with zero attached hydrogens (tertiary/aromatic N) is 1. The number of nitrogens with one attached hydrogen (secondary N) is 1. The average molecular weight is 290 g/mol. The van der Waals surface area contributed by atoms with Gasteiger partial charge in [0.25, 0.3) is 0 Å². The molecule has 0 aromatic heterocycles. The van der Waals surface area contributed by atoms with Crippen molar-refractivity contribution in [2.75, 3.05) is 32.8 Å². The molecule has 0 bridgehead atoms. The Morgan fingerprint density at radius 1 is 1.29 bits per heavy atom. The number of ether oxygens (including phenoxy) is 1. The molecule has 0 saturated carbocycles. The van der Waals surface area contributed by atoms with Crippen LogP contribution in [0, 0.1) is 5.41 Å². The van der Waals surface area contributed by atoms with Crippen molar-refractivity contribution in [2.45, 2.75) is 39.8 Å². The van der Waals surface area contributed by atoms with Crippen LogP contribution in [0.2, 0.25) is 0 Å². The topological polar surface area (TPSA) is 24.5 Å². The largest absolute Gasteiger partial charge is 0.381 e. The normalized spacial score (nSPS) is 22.3. The minimum absolute atomic E-state index is 0.273. The fourth-order valence-corrected chi connectivity index (χ4v) is 2.99. The van der Waals surface area contributed by atoms with Gasteiger partial charge in [0, 0.05) is 37.7 Å². The van der Waals surface area contributed by atoms with Crippen molar-refractivity contribution in [3.05, 3.63) is 35.9 Å². The van der Waals surface area contributed by atoms with E-state index in [0.717, 1.165) is 45.8 Å². The zero-order valence-corrected chi connectivity index (χ0v) is 13.8. The molecule has 0 radical (unpaired) electrons. The third-order valence-electron chi connectivity index (χ3n) is 4.33. The second-order valence-corrected chi connectivity index (χ2v) is 6.63. The van der Waals surface area contributed by atoms with Gasteiger partial charge in [-0.3, -0.25) is 4.90 Å². The van der Waals surface area contributed by atoms with Gasteiger partial charge in [0.15, 0.2) is 0 Å². The van der Waals surface area contributed by atoms with E-state index in [1.54, 1.807) is 0 Å². The van der Waals surface area contributed by atoms with Crippen molar-refractivity contribution in [3.8, 4) is 0 Å². The van der Waals surface area contributed by atoms with E-state index in [9.17, 15) is 0 Å². The number of rotatable bonds is 8. The van der Waals surface area contributed by atoms with Gasteiger partial charge in [-0.15, -0.1) is 0 Å². The van der Waals surface area contributed by atoms with Gasteiger partial charge in [0.2, 0.25) is 0 Å². The molecule has 1 aliphatic heterocycles. The molecule has 0 amide bonds. The average Bonchev–Trinajstić information content (AvgIpc) is 2.94. The highest BCUT2D eigenvalue weighted by atomic mass is 16.5. The summed E-state index contributed by atoms with van der Waals surface area (Å²) >= 11 is 0. The van der Waals surface area contributed by atoms with Gasteiger partial charge in [-0.1, -0.05) is 51.1 Å². The first-order chi connectivity index (χ1) is 10.1. The van der Waals surface area contributed by atoms with Crippen molar-refractivity contribution in [2.24, 2.45) is 5.41 Å². The summed E-state index contributed by atoms with van der Waals surface area (Å²) < 4.78 is 5.72. The number of hydrogen-bond acceptors (Lipinski definition) is 3. The molecule has 1 atom stereocenters. The Morgan fingerprint density at radius 2 is 2.05 bits per heavy atom. The SMILES string of the molecule is CCN(Cc1ccccc1)CC1(CNC(C)C)CCOC1. The molecule has 0 spiro atoms. The van der Waals surface area contributed by atoms with Crippen LogP contribution in [-0.4, -0.2) is 43.8 Å². The quantitative estimate of drug-likeness (QED) is 0.797. The van der Waals surface area contributed by atoms with Crippen LogP contribution in [0.4, 0.5) is 0 Å². The summed E-state index contributed by atoms with van der Waals surface area (Å²) in [7, 11) is 0. The van der Waals surface area contributed by atoms with Crippen LogP contribution in [0.3, 0.4) is 0 Å². The van der Waals surface area contributed by atoms with Gasteiger partial charge in [-0.05, 0) is 18.5 Å². The van der Waals surface area contributed by atoms with E-state index in [0.29, 0.717) is 6.04 Å². The van der Waals surface area contributed by atoms with Crippen LogP contribution in [0.25, 0.3) is 0 Å². The minimum Gasteiger partial charge on any atom is -0.381 e. The molecule has 0 aliphatic carbocycles. The fraction of sp³-hybridized carbons (Fsp3) is 0.667. The molecule has 3 heteroatoms. The lowest BCUT2D eigenvalue weighted by molar-refractivity contribution is 0.106. The summed E-state index contributed by atoms with van der Waals surface area (Å²) in [5, 5.41) is 3.61. The van der Waals surface area contributed by atoms with E-state index in [4.69, 9.17) is 4.74 Å². The molecule has 1 N–H and O–H groups in total. The molecule has 2 rings (SSSR count). The highest BCUT2D eigenvalue weighted by molar-refractivity contribution is 5.14. The van der Waals surface area contributed by atoms with Gasteiger partial charge in [0.1, 0.15) is 0 Å². The van der Waals surface area contributed by atoms with E-state index < -0.39 is 0 Å². The molecule has 1 saturated heterocycles. The van der Waals surface area contributed by atoms with Crippen molar-refractivity contribution in [3.63, 3.8) is 0 Å². The summed E-state index contributed by atoms with van der Waals surface area (Å²) in [6.45, 7) is 12.7. The molecule has 1 aromatic carbocycles. The van der Waals surface area contributed by atoms with Gasteiger partial charge in [-0.25, -0.2) is 0 Å². The predicted molar refractivity (Wildman–Crippen MR) is 88.4 cm³/mol. The Morgan fingerprint density at radius 3 is 2.62 bits per heavy atom. The van der Waals surface area contributed by atoms with Crippen molar-refractivity contribution < 1.29 is 4.74 Å². The van der Waals surface area contributed by atoms with Gasteiger partial charge < -0.3 is 10.1 Å². The first kappa shape index (κ1) is 16.5. The van der Waals surface area contributed by atoms with E-state index in [-0.39, 0.29) is 5.41 Å². The molecule has 3 nitrogen and oxygen atoms in total. The van der Waals surface area contributed by atoms with Crippen LogP contribution in [0.15, 0.2) is 30.3 Å². The number of hydrogen-bond donors (Lipinski definition) is 1. The third-order valence-corrected chi connectivity index (χ3v) is 4.33. The summed E-state index contributed by atoms with van der Waals surface area (Å²) in [4.78, 5) is 2.55. The van der Waals surface area contributed by atoms with Gasteiger partial charge in [0.05, 0.1) is 6.61 Å². The number of benzene rings is 1. The molecule has 1 aromatic rings. The molecular weight excluding hydrogens is 260 g/mol. The lowest BCUT2D eigenvalue weighted by atomic mass is 9.86. The van der Waals surface area contributed by atoms with E-state index >= 15 is 0 Å². The minimum atomic E-state index is 0.273. The lowest BCUT2D eigenvalue weighted by Crippen LogP contribution is -2.46. The Kier molecular flexibility index (Phi) is 6.22. The van der Waals surface area contributed by atoms with Crippen molar-refractivity contribution in [1.29, 1.82) is 0 Å². The first-order valence-electron chi connectivity index (χ1n) is 8.21. The standard InChI is InChI=1S/C18H30N2O/c1-4-20(12-17-8-6-5-7-9-17)14-18(10-11-21-15-18)13-19-16(2)3/h5-9,16,19H,4,10-15H2,1-3H3. The maximum atomic E-state index is 5.72. The van der Waals surface area contributed by atoms with E-state index in [1.165, 1.54) is 5.56 Å². The summed E-state index contributed by atoms with van der Waals surface area (Å²) in [6.07, 6.45) is 1.16. The first-order valence-corrected chi connectivity index (χ1v) is 8.21. The Hall–Kier alpha value is -0.900. The molecule has 21 heavy (non-hydrogen) atoms. The molecule has 1 heterocycles. The molecule has 1 unspecified atom stereocenters. The van der Waals surface area contributed by atoms with Crippen LogP contribution in [0.1, 0.15) is 32.8 Å². The molecule has 118 valence electrons. The zero-order valence-electron chi connectivity index (χ0n) is 13.8. The van der Waals surface area contributed by atoms with Crippen LogP contribution < -0.4 is 5.32 Å². The second-order valence-electron chi connectivity index (χ2n) is 6.63. The van der Waals surface area contributed by atoms with Gasteiger partial charge >= 0.3 is 0 Å². The summed E-state index contributed by atoms with van der Waals surface area (Å²) in [5.74, 6) is 0. The summed E-state index contributed by atoms with van der Waals surface area (Å²) in [5.41, 5.74) is 1.67. The highest BCUT2D eigenvalue weighted by Crippen LogP contribution is 2.29. The zero-order chi connectivity index (χ0) is 15.1. The smallest absolute Gasteiger partial charge is 0.0547 e. The van der Waals surface area contributed by atoms with Crippen LogP contribution in [0.5, 0.6) is 0 Å². The van der Waals surface area contributed by atoms with Crippen molar-refractivity contribution >= 4 is 0 Å². The third kappa shape index (κ3) is 5.10. The lowest BCUT2D eigenvalue weighted by Gasteiger charge is -2.34.